The smallest absolute Gasteiger partial charge is 0.336 e. The zero-order chi connectivity index (χ0) is 17.1. The lowest BCUT2D eigenvalue weighted by Gasteiger charge is -2.30. The van der Waals surface area contributed by atoms with Crippen molar-refractivity contribution < 1.29 is 19.4 Å². The number of carbonyl (C=O) groups excluding carboxylic acids is 1. The van der Waals surface area contributed by atoms with Crippen molar-refractivity contribution in [2.45, 2.75) is 33.6 Å². The number of carboxylic acid groups (broad SMARTS) is 1. The van der Waals surface area contributed by atoms with E-state index in [0.29, 0.717) is 17.0 Å². The van der Waals surface area contributed by atoms with Gasteiger partial charge in [0, 0.05) is 17.3 Å². The van der Waals surface area contributed by atoms with Crippen LogP contribution >= 0.6 is 0 Å². The second-order valence-electron chi connectivity index (χ2n) is 5.68. The molecule has 0 amide bonds. The molecule has 0 aromatic heterocycles. The molecule has 0 bridgehead atoms. The molecule has 23 heavy (non-hydrogen) atoms. The number of carboxylic acids is 1. The number of ether oxygens (including phenoxy) is 1. The van der Waals surface area contributed by atoms with E-state index in [9.17, 15) is 14.7 Å². The van der Waals surface area contributed by atoms with Crippen LogP contribution in [0.4, 0.5) is 0 Å². The first kappa shape index (κ1) is 16.9. The second-order valence-corrected chi connectivity index (χ2v) is 5.68. The second kappa shape index (κ2) is 6.77. The number of aryl methyl sites for hydroxylation is 1. The van der Waals surface area contributed by atoms with Gasteiger partial charge in [0.1, 0.15) is 5.92 Å². The number of aliphatic carboxylic acids is 1. The number of aliphatic imine (C=N–C) groups is 1. The van der Waals surface area contributed by atoms with E-state index < -0.39 is 23.8 Å². The van der Waals surface area contributed by atoms with E-state index in [4.69, 9.17) is 4.74 Å². The predicted octanol–water partition coefficient (Wildman–Crippen LogP) is 3.09. The molecule has 1 aromatic rings. The zero-order valence-electron chi connectivity index (χ0n) is 13.8. The Kier molecular flexibility index (Phi) is 4.98. The lowest BCUT2D eigenvalue weighted by Crippen LogP contribution is -2.35. The van der Waals surface area contributed by atoms with Crippen LogP contribution < -0.4 is 0 Å². The van der Waals surface area contributed by atoms with Crippen LogP contribution in [0.2, 0.25) is 0 Å². The molecule has 1 N–H and O–H groups in total. The predicted molar refractivity (Wildman–Crippen MR) is 87.5 cm³/mol. The molecule has 0 saturated heterocycles. The Hall–Kier alpha value is -2.43. The van der Waals surface area contributed by atoms with Crippen LogP contribution in [0.25, 0.3) is 0 Å². The maximum absolute atomic E-state index is 12.4. The Morgan fingerprint density at radius 3 is 2.30 bits per heavy atom. The van der Waals surface area contributed by atoms with Gasteiger partial charge in [-0.25, -0.2) is 4.79 Å². The number of allylic oxidation sites excluding steroid dienone is 1. The van der Waals surface area contributed by atoms with Crippen molar-refractivity contribution in [3.63, 3.8) is 0 Å². The highest BCUT2D eigenvalue weighted by atomic mass is 16.5. The van der Waals surface area contributed by atoms with Crippen LogP contribution in [0.5, 0.6) is 0 Å². The molecule has 122 valence electrons. The Bertz CT molecular complexity index is 685. The third-order valence-electron chi connectivity index (χ3n) is 4.03. The van der Waals surface area contributed by atoms with Gasteiger partial charge in [-0.05, 0) is 33.3 Å². The van der Waals surface area contributed by atoms with Gasteiger partial charge in [-0.2, -0.15) is 0 Å². The minimum Gasteiger partial charge on any atom is -0.481 e. The van der Waals surface area contributed by atoms with E-state index in [2.05, 4.69) is 4.99 Å². The summed E-state index contributed by atoms with van der Waals surface area (Å²) in [7, 11) is 0. The molecule has 1 heterocycles. The quantitative estimate of drug-likeness (QED) is 0.866. The molecule has 2 rings (SSSR count). The number of rotatable bonds is 4. The van der Waals surface area contributed by atoms with Crippen LogP contribution in [0.1, 0.15) is 37.8 Å². The van der Waals surface area contributed by atoms with E-state index in [1.54, 1.807) is 20.8 Å². The molecule has 1 aliphatic rings. The number of hydrogen-bond donors (Lipinski definition) is 1. The van der Waals surface area contributed by atoms with Gasteiger partial charge < -0.3 is 9.84 Å². The van der Waals surface area contributed by atoms with Gasteiger partial charge in [0.25, 0.3) is 0 Å². The number of esters is 1. The van der Waals surface area contributed by atoms with Crippen molar-refractivity contribution in [1.29, 1.82) is 0 Å². The zero-order valence-corrected chi connectivity index (χ0v) is 13.8. The van der Waals surface area contributed by atoms with Crippen LogP contribution in [0, 0.1) is 12.8 Å². The third-order valence-corrected chi connectivity index (χ3v) is 4.03. The van der Waals surface area contributed by atoms with Crippen molar-refractivity contribution in [2.75, 3.05) is 6.61 Å². The SMILES string of the molecule is CCOC(=O)C1=C(C)N=C(C)C(C(=O)O)C1c1ccc(C)cc1. The van der Waals surface area contributed by atoms with Crippen LogP contribution in [0.3, 0.4) is 0 Å². The fourth-order valence-electron chi connectivity index (χ4n) is 2.96. The lowest BCUT2D eigenvalue weighted by atomic mass is 9.75. The fraction of sp³-hybridized carbons (Fsp3) is 0.389. The number of nitrogens with zero attached hydrogens (tertiary/aromatic N) is 1. The van der Waals surface area contributed by atoms with Crippen molar-refractivity contribution >= 4 is 17.7 Å². The molecular formula is C18H21NO4. The molecule has 0 saturated carbocycles. The third kappa shape index (κ3) is 3.33. The first-order valence-corrected chi connectivity index (χ1v) is 7.59. The monoisotopic (exact) mass is 315 g/mol. The molecule has 0 fully saturated rings. The Labute approximate surface area is 135 Å². The van der Waals surface area contributed by atoms with Crippen LogP contribution in [0.15, 0.2) is 40.5 Å². The summed E-state index contributed by atoms with van der Waals surface area (Å²) < 4.78 is 5.13. The van der Waals surface area contributed by atoms with Crippen LogP contribution in [-0.2, 0) is 14.3 Å². The van der Waals surface area contributed by atoms with E-state index in [1.165, 1.54) is 0 Å². The molecule has 5 nitrogen and oxygen atoms in total. The summed E-state index contributed by atoms with van der Waals surface area (Å²) in [5, 5.41) is 9.66. The molecule has 0 aliphatic carbocycles. The lowest BCUT2D eigenvalue weighted by molar-refractivity contribution is -0.141. The Balaban J connectivity index is 2.61. The number of benzene rings is 1. The molecule has 0 spiro atoms. The summed E-state index contributed by atoms with van der Waals surface area (Å²) in [4.78, 5) is 28.5. The molecule has 2 atom stereocenters. The Morgan fingerprint density at radius 2 is 1.78 bits per heavy atom. The molecule has 1 aliphatic heterocycles. The van der Waals surface area contributed by atoms with Gasteiger partial charge >= 0.3 is 11.9 Å². The maximum Gasteiger partial charge on any atom is 0.336 e. The number of carbonyl (C=O) groups is 2. The fourth-order valence-corrected chi connectivity index (χ4v) is 2.96. The van der Waals surface area contributed by atoms with Gasteiger partial charge in [0.05, 0.1) is 12.2 Å². The highest BCUT2D eigenvalue weighted by molar-refractivity contribution is 6.06. The minimum atomic E-state index is -0.994. The van der Waals surface area contributed by atoms with Gasteiger partial charge in [0.15, 0.2) is 0 Å². The summed E-state index contributed by atoms with van der Waals surface area (Å²) >= 11 is 0. The highest BCUT2D eigenvalue weighted by Crippen LogP contribution is 2.39. The number of hydrogen-bond acceptors (Lipinski definition) is 4. The molecule has 5 heteroatoms. The summed E-state index contributed by atoms with van der Waals surface area (Å²) in [6, 6.07) is 7.54. The molecular weight excluding hydrogens is 294 g/mol. The van der Waals surface area contributed by atoms with Crippen LogP contribution in [-0.4, -0.2) is 29.4 Å². The normalized spacial score (nSPS) is 21.0. The van der Waals surface area contributed by atoms with E-state index >= 15 is 0 Å². The van der Waals surface area contributed by atoms with Crippen molar-refractivity contribution in [3.8, 4) is 0 Å². The van der Waals surface area contributed by atoms with Gasteiger partial charge in [-0.15, -0.1) is 0 Å². The summed E-state index contributed by atoms with van der Waals surface area (Å²) in [5.74, 6) is -2.96. The van der Waals surface area contributed by atoms with Gasteiger partial charge in [-0.1, -0.05) is 29.8 Å². The topological polar surface area (TPSA) is 76.0 Å². The van der Waals surface area contributed by atoms with Gasteiger partial charge in [-0.3, -0.25) is 9.79 Å². The largest absolute Gasteiger partial charge is 0.481 e. The summed E-state index contributed by atoms with van der Waals surface area (Å²) in [6.07, 6.45) is 0. The molecule has 1 aromatic carbocycles. The standard InChI is InChI=1S/C18H21NO4/c1-5-23-18(22)15-12(4)19-11(3)14(17(20)21)16(15)13-8-6-10(2)7-9-13/h6-9,14,16H,5H2,1-4H3,(H,20,21). The van der Waals surface area contributed by atoms with Crippen molar-refractivity contribution in [3.05, 3.63) is 46.7 Å². The average molecular weight is 315 g/mol. The average Bonchev–Trinajstić information content (AvgIpc) is 2.46. The van der Waals surface area contributed by atoms with E-state index in [1.807, 2.05) is 31.2 Å². The summed E-state index contributed by atoms with van der Waals surface area (Å²) in [6.45, 7) is 7.32. The Morgan fingerprint density at radius 1 is 1.17 bits per heavy atom. The molecule has 0 radical (unpaired) electrons. The van der Waals surface area contributed by atoms with E-state index in [0.717, 1.165) is 11.1 Å². The first-order valence-electron chi connectivity index (χ1n) is 7.59. The summed E-state index contributed by atoms with van der Waals surface area (Å²) in [5.41, 5.74) is 3.19. The van der Waals surface area contributed by atoms with Gasteiger partial charge in [0.2, 0.25) is 0 Å². The molecule has 2 unspecified atom stereocenters. The van der Waals surface area contributed by atoms with Crippen molar-refractivity contribution in [1.82, 2.24) is 0 Å². The van der Waals surface area contributed by atoms with Crippen molar-refractivity contribution in [2.24, 2.45) is 10.9 Å². The minimum absolute atomic E-state index is 0.233. The highest BCUT2D eigenvalue weighted by Gasteiger charge is 2.41. The van der Waals surface area contributed by atoms with E-state index in [-0.39, 0.29) is 6.61 Å². The first-order chi connectivity index (χ1) is 10.9. The maximum atomic E-state index is 12.4.